The minimum absolute atomic E-state index is 0. The molecule has 62 heavy (non-hydrogen) atoms. The number of carboxylic acid groups (broad SMARTS) is 1. The minimum atomic E-state index is -1.67. The van der Waals surface area contributed by atoms with E-state index < -0.39 is 52.1 Å². The highest BCUT2D eigenvalue weighted by Crippen LogP contribution is 2.55. The number of aromatic nitrogens is 1. The van der Waals surface area contributed by atoms with Gasteiger partial charge < -0.3 is 49.6 Å². The Morgan fingerprint density at radius 1 is 0.839 bits per heavy atom. The van der Waals surface area contributed by atoms with Crippen molar-refractivity contribution in [1.82, 2.24) is 11.1 Å². The smallest absolute Gasteiger partial charge is 0.236 e. The van der Waals surface area contributed by atoms with Crippen molar-refractivity contribution < 1.29 is 67.4 Å². The van der Waals surface area contributed by atoms with Gasteiger partial charge in [-0.3, -0.25) is 29.0 Å². The van der Waals surface area contributed by atoms with Gasteiger partial charge in [0.1, 0.15) is 49.9 Å². The number of carbonyl (C=O) groups excluding carboxylic acids is 6. The quantitative estimate of drug-likeness (QED) is 0.185. The number of hydrogen-bond donors (Lipinski definition) is 2. The number of allylic oxidation sites excluding steroid dienone is 2. The number of Topliss-reactive ketones (excluding diaryl/α,β-unsaturated/α-hetero) is 3. The van der Waals surface area contributed by atoms with Crippen LogP contribution in [-0.4, -0.2) is 84.6 Å². The second kappa shape index (κ2) is 20.3. The van der Waals surface area contributed by atoms with Crippen LogP contribution in [0.2, 0.25) is 10.0 Å². The summed E-state index contributed by atoms with van der Waals surface area (Å²) in [6.45, 7) is 11.6. The first-order chi connectivity index (χ1) is 28.8. The number of ketones is 5. The molecular weight excluding hydrogens is 851 g/mol. The Hall–Kier alpha value is -5.97. The van der Waals surface area contributed by atoms with Crippen LogP contribution in [0, 0.1) is 11.8 Å². The second-order valence-corrected chi connectivity index (χ2v) is 14.9. The van der Waals surface area contributed by atoms with E-state index in [0.29, 0.717) is 29.8 Å². The number of carboxylic acids is 1. The molecule has 3 heterocycles. The predicted molar refractivity (Wildman–Crippen MR) is 227 cm³/mol. The maximum atomic E-state index is 13.5. The van der Waals surface area contributed by atoms with Crippen LogP contribution in [-0.2, 0) is 27.2 Å². The Morgan fingerprint density at radius 3 is 1.69 bits per heavy atom. The fourth-order valence-electron chi connectivity index (χ4n) is 7.29. The average Bonchev–Trinajstić information content (AvgIpc) is 3.73. The molecule has 18 heteroatoms. The number of nitrogens with zero attached hydrogens (tertiary/aromatic N) is 1. The molecule has 0 saturated carbocycles. The fraction of sp³-hybridized carbons (Fsp3) is 0.386. The summed E-state index contributed by atoms with van der Waals surface area (Å²) >= 11 is 12.7. The monoisotopic (exact) mass is 900 g/mol. The van der Waals surface area contributed by atoms with Gasteiger partial charge in [0.2, 0.25) is 28.6 Å². The second-order valence-electron chi connectivity index (χ2n) is 14.1. The number of fused-ring (bicyclic) bond motifs is 3. The molecule has 2 aliphatic heterocycles. The molecule has 2 aromatic carbocycles. The van der Waals surface area contributed by atoms with Crippen molar-refractivity contribution in [1.29, 1.82) is 0 Å². The highest BCUT2D eigenvalue weighted by molar-refractivity contribution is 6.37. The van der Waals surface area contributed by atoms with Gasteiger partial charge in [0.05, 0.1) is 34.1 Å². The molecule has 0 fully saturated rings. The Morgan fingerprint density at radius 2 is 1.29 bits per heavy atom. The van der Waals surface area contributed by atoms with Crippen molar-refractivity contribution in [2.45, 2.75) is 71.5 Å². The standard InChI is InChI=1S/C21H20ClNO5.C16H15ClO6.C5H8O.C2H4O2.H3N/c1-5-11-6-7-12-13(23-11)8-10(2)21(19(12)24)20(25)16-14(26-3)9-15(27-4)17(22)18(16)28-21;1-7-4-8(18)5-11(19)16(7)15(20)12-9(21-2)6-10(22-3)13(17)14(12)23-16;1-3-5(6)4-2;1-2(3)4;/h6-7,9-10H,5,8H2,1-4H3;5-7,19H,4H2,1-3H3;3H,1,4H2,2H3;1H3,(H,3,4);1H3/t10-,21+;7-,16+;;;/m11.../s1. The van der Waals surface area contributed by atoms with Gasteiger partial charge >= 0.3 is 0 Å². The van der Waals surface area contributed by atoms with E-state index in [0.717, 1.165) is 25.1 Å². The normalized spacial score (nSPS) is 21.0. The maximum absolute atomic E-state index is 13.5. The Balaban J connectivity index is 0.000000271. The number of aliphatic carboxylic acids is 1. The van der Waals surface area contributed by atoms with E-state index in [1.807, 2.05) is 26.8 Å². The number of rotatable bonds is 7. The summed E-state index contributed by atoms with van der Waals surface area (Å²) in [4.78, 5) is 75.2. The molecule has 0 amide bonds. The molecule has 4 aliphatic rings. The molecule has 4 atom stereocenters. The van der Waals surface area contributed by atoms with Crippen LogP contribution in [0.3, 0.4) is 0 Å². The lowest BCUT2D eigenvalue weighted by Crippen LogP contribution is -2.56. The van der Waals surface area contributed by atoms with Crippen LogP contribution in [0.25, 0.3) is 0 Å². The van der Waals surface area contributed by atoms with Crippen molar-refractivity contribution in [3.05, 3.63) is 86.9 Å². The van der Waals surface area contributed by atoms with E-state index in [1.165, 1.54) is 46.6 Å². The van der Waals surface area contributed by atoms with Gasteiger partial charge in [0, 0.05) is 60.1 Å². The molecule has 2 spiro atoms. The Kier molecular flexibility index (Phi) is 16.5. The Bertz CT molecular complexity index is 2340. The molecular formula is C44H50Cl2N2O14. The van der Waals surface area contributed by atoms with Gasteiger partial charge in [-0.1, -0.05) is 57.5 Å². The zero-order valence-electron chi connectivity index (χ0n) is 36.1. The first kappa shape index (κ1) is 50.4. The van der Waals surface area contributed by atoms with Gasteiger partial charge in [-0.05, 0) is 38.0 Å². The number of hydrogen-bond acceptors (Lipinski definition) is 15. The highest BCUT2D eigenvalue weighted by atomic mass is 35.5. The molecule has 5 N–H and O–H groups in total. The molecule has 3 aromatic rings. The number of halogens is 2. The topological polar surface area (TPSA) is 250 Å². The summed E-state index contributed by atoms with van der Waals surface area (Å²) in [5, 5.41) is 19.5. The summed E-state index contributed by atoms with van der Waals surface area (Å²) in [6, 6.07) is 6.56. The van der Waals surface area contributed by atoms with Gasteiger partial charge in [-0.2, -0.15) is 0 Å². The van der Waals surface area contributed by atoms with Crippen molar-refractivity contribution >= 4 is 58.1 Å². The van der Waals surface area contributed by atoms with E-state index in [4.69, 9.17) is 61.5 Å². The van der Waals surface area contributed by atoms with E-state index in [-0.39, 0.29) is 74.1 Å². The lowest BCUT2D eigenvalue weighted by Gasteiger charge is -2.36. The van der Waals surface area contributed by atoms with Crippen LogP contribution in [0.15, 0.2) is 48.8 Å². The third kappa shape index (κ3) is 8.85. The van der Waals surface area contributed by atoms with E-state index in [1.54, 1.807) is 13.0 Å². The largest absolute Gasteiger partial charge is 0.550 e. The molecule has 0 radical (unpaired) electrons. The van der Waals surface area contributed by atoms with E-state index >= 15 is 0 Å². The van der Waals surface area contributed by atoms with E-state index in [9.17, 15) is 29.1 Å². The number of carbonyl (C=O) groups is 6. The fourth-order valence-corrected chi connectivity index (χ4v) is 7.82. The molecule has 334 valence electrons. The van der Waals surface area contributed by atoms with Crippen LogP contribution in [0.4, 0.5) is 0 Å². The summed E-state index contributed by atoms with van der Waals surface area (Å²) in [5.74, 6) is -2.61. The lowest BCUT2D eigenvalue weighted by molar-refractivity contribution is -0.302. The minimum Gasteiger partial charge on any atom is -0.550 e. The van der Waals surface area contributed by atoms with Crippen LogP contribution < -0.4 is 39.7 Å². The maximum Gasteiger partial charge on any atom is 0.236 e. The molecule has 0 saturated heterocycles. The van der Waals surface area contributed by atoms with Gasteiger partial charge in [0.15, 0.2) is 23.1 Å². The van der Waals surface area contributed by atoms with Crippen LogP contribution in [0.5, 0.6) is 34.5 Å². The van der Waals surface area contributed by atoms with Crippen molar-refractivity contribution in [3.63, 3.8) is 0 Å². The molecule has 7 rings (SSSR count). The number of methoxy groups -OCH3 is 4. The SMILES string of the molecule is C=CC(=O)CC.CC(=O)[O-].CCc1ccc2c(n1)C[C@@H](C)[C@]1(Oc3c(Cl)c(OC)cc(OC)c3C1=O)C2=O.COc1cc(OC)c2c(c1Cl)O[C@]1(C2=O)C(O)=CC(=O)C[C@H]1C.[NH4+]. The zero-order valence-corrected chi connectivity index (χ0v) is 37.6. The molecule has 0 unspecified atom stereocenters. The van der Waals surface area contributed by atoms with Crippen LogP contribution in [0.1, 0.15) is 89.9 Å². The number of pyridine rings is 1. The molecule has 0 bridgehead atoms. The molecule has 16 nitrogen and oxygen atoms in total. The molecule has 2 aliphatic carbocycles. The van der Waals surface area contributed by atoms with Crippen molar-refractivity contribution in [3.8, 4) is 34.5 Å². The lowest BCUT2D eigenvalue weighted by atomic mass is 9.71. The zero-order chi connectivity index (χ0) is 45.7. The summed E-state index contributed by atoms with van der Waals surface area (Å²) in [7, 11) is 5.74. The first-order valence-electron chi connectivity index (χ1n) is 19.0. The van der Waals surface area contributed by atoms with Crippen LogP contribution >= 0.6 is 23.2 Å². The Labute approximate surface area is 368 Å². The third-order valence-electron chi connectivity index (χ3n) is 10.5. The first-order valence-corrected chi connectivity index (χ1v) is 19.7. The summed E-state index contributed by atoms with van der Waals surface area (Å²) < 4.78 is 32.9. The summed E-state index contributed by atoms with van der Waals surface area (Å²) in [6.07, 6.45) is 4.24. The van der Waals surface area contributed by atoms with Gasteiger partial charge in [-0.15, -0.1) is 0 Å². The highest BCUT2D eigenvalue weighted by Gasteiger charge is 2.62. The number of quaternary nitrogens is 1. The third-order valence-corrected chi connectivity index (χ3v) is 11.2. The number of aliphatic hydroxyl groups is 1. The van der Waals surface area contributed by atoms with Gasteiger partial charge in [0.25, 0.3) is 0 Å². The predicted octanol–water partition coefficient (Wildman–Crippen LogP) is 6.71. The number of aryl methyl sites for hydroxylation is 1. The number of aliphatic hydroxyl groups excluding tert-OH is 1. The number of benzene rings is 2. The van der Waals surface area contributed by atoms with Gasteiger partial charge in [-0.25, -0.2) is 0 Å². The van der Waals surface area contributed by atoms with Crippen molar-refractivity contribution in [2.75, 3.05) is 28.4 Å². The number of ether oxygens (including phenoxy) is 6. The average molecular weight is 902 g/mol. The van der Waals surface area contributed by atoms with Crippen molar-refractivity contribution in [2.24, 2.45) is 11.8 Å². The van der Waals surface area contributed by atoms with E-state index in [2.05, 4.69) is 11.6 Å². The molecule has 1 aromatic heterocycles. The summed E-state index contributed by atoms with van der Waals surface area (Å²) in [5.41, 5.74) is -0.988.